The first-order valence-electron chi connectivity index (χ1n) is 6.31. The maximum absolute atomic E-state index is 11.9. The predicted octanol–water partition coefficient (Wildman–Crippen LogP) is 1.92. The van der Waals surface area contributed by atoms with Gasteiger partial charge in [0, 0.05) is 20.7 Å². The summed E-state index contributed by atoms with van der Waals surface area (Å²) in [5.74, 6) is -0.385. The fourth-order valence-electron chi connectivity index (χ4n) is 1.66. The van der Waals surface area contributed by atoms with Gasteiger partial charge in [-0.1, -0.05) is 0 Å². The van der Waals surface area contributed by atoms with E-state index in [1.54, 1.807) is 25.1 Å². The Morgan fingerprint density at radius 1 is 1.42 bits per heavy atom. The van der Waals surface area contributed by atoms with Crippen molar-refractivity contribution in [2.45, 2.75) is 20.0 Å². The molecule has 19 heavy (non-hydrogen) atoms. The molecule has 1 rings (SSSR count). The van der Waals surface area contributed by atoms with Gasteiger partial charge in [0.1, 0.15) is 6.10 Å². The summed E-state index contributed by atoms with van der Waals surface area (Å²) in [7, 11) is 3.79. The number of carbonyl (C=O) groups excluding carboxylic acids is 1. The zero-order chi connectivity index (χ0) is 14.4. The second-order valence-electron chi connectivity index (χ2n) is 4.54. The van der Waals surface area contributed by atoms with E-state index in [1.165, 1.54) is 0 Å². The van der Waals surface area contributed by atoms with Gasteiger partial charge in [0.05, 0.1) is 23.5 Å². The van der Waals surface area contributed by atoms with Crippen LogP contribution in [0.15, 0.2) is 18.2 Å². The van der Waals surface area contributed by atoms with Gasteiger partial charge in [0.15, 0.2) is 0 Å². The molecule has 0 saturated carbocycles. The lowest BCUT2D eigenvalue weighted by Crippen LogP contribution is -2.20. The summed E-state index contributed by atoms with van der Waals surface area (Å²) in [6.07, 6.45) is -0.276. The molecule has 0 saturated heterocycles. The summed E-state index contributed by atoms with van der Waals surface area (Å²) in [6.45, 7) is 4.69. The minimum atomic E-state index is -0.385. The van der Waals surface area contributed by atoms with E-state index in [9.17, 15) is 4.79 Å². The van der Waals surface area contributed by atoms with Crippen LogP contribution in [-0.4, -0.2) is 39.4 Å². The van der Waals surface area contributed by atoms with Crippen LogP contribution in [0.3, 0.4) is 0 Å². The zero-order valence-corrected chi connectivity index (χ0v) is 12.0. The second kappa shape index (κ2) is 6.99. The summed E-state index contributed by atoms with van der Waals surface area (Å²) in [5, 5.41) is 0. The highest BCUT2D eigenvalue weighted by molar-refractivity contribution is 5.92. The van der Waals surface area contributed by atoms with Gasteiger partial charge in [-0.05, 0) is 32.0 Å². The second-order valence-corrected chi connectivity index (χ2v) is 4.54. The first-order chi connectivity index (χ1) is 8.95. The molecule has 0 aromatic heterocycles. The lowest BCUT2D eigenvalue weighted by atomic mass is 10.1. The Labute approximate surface area is 114 Å². The number of nitrogens with zero attached hydrogens (tertiary/aromatic N) is 1. The van der Waals surface area contributed by atoms with Crippen molar-refractivity contribution >= 4 is 17.3 Å². The SMILES string of the molecule is CCOCC(C)OC(=O)c1ccc(N(C)C)c(N)c1. The molecule has 5 nitrogen and oxygen atoms in total. The monoisotopic (exact) mass is 266 g/mol. The molecule has 0 bridgehead atoms. The Hall–Kier alpha value is -1.75. The van der Waals surface area contributed by atoms with Crippen LogP contribution in [0.5, 0.6) is 0 Å². The third-order valence-electron chi connectivity index (χ3n) is 2.61. The van der Waals surface area contributed by atoms with E-state index in [0.717, 1.165) is 5.69 Å². The summed E-state index contributed by atoms with van der Waals surface area (Å²) in [5.41, 5.74) is 7.77. The van der Waals surface area contributed by atoms with Crippen molar-refractivity contribution in [1.82, 2.24) is 0 Å². The number of anilines is 2. The average molecular weight is 266 g/mol. The molecule has 1 aromatic rings. The van der Waals surface area contributed by atoms with Gasteiger partial charge < -0.3 is 20.1 Å². The van der Waals surface area contributed by atoms with Gasteiger partial charge in [0.25, 0.3) is 0 Å². The molecule has 106 valence electrons. The molecule has 2 N–H and O–H groups in total. The van der Waals surface area contributed by atoms with Crippen molar-refractivity contribution in [3.63, 3.8) is 0 Å². The number of nitrogen functional groups attached to an aromatic ring is 1. The van der Waals surface area contributed by atoms with E-state index >= 15 is 0 Å². The van der Waals surface area contributed by atoms with E-state index in [4.69, 9.17) is 15.2 Å². The van der Waals surface area contributed by atoms with Crippen LogP contribution < -0.4 is 10.6 Å². The molecule has 0 amide bonds. The van der Waals surface area contributed by atoms with Crippen LogP contribution in [0, 0.1) is 0 Å². The van der Waals surface area contributed by atoms with Crippen LogP contribution in [0.2, 0.25) is 0 Å². The van der Waals surface area contributed by atoms with E-state index in [-0.39, 0.29) is 12.1 Å². The number of ether oxygens (including phenoxy) is 2. The van der Waals surface area contributed by atoms with Crippen molar-refractivity contribution in [1.29, 1.82) is 0 Å². The van der Waals surface area contributed by atoms with Crippen LogP contribution >= 0.6 is 0 Å². The Morgan fingerprint density at radius 3 is 2.63 bits per heavy atom. The molecule has 0 fully saturated rings. The molecule has 0 aliphatic carbocycles. The molecule has 0 aliphatic heterocycles. The number of esters is 1. The molecular formula is C14H22N2O3. The number of rotatable bonds is 6. The summed E-state index contributed by atoms with van der Waals surface area (Å²) < 4.78 is 10.5. The van der Waals surface area contributed by atoms with Crippen molar-refractivity contribution in [3.05, 3.63) is 23.8 Å². The third-order valence-corrected chi connectivity index (χ3v) is 2.61. The van der Waals surface area contributed by atoms with Crippen molar-refractivity contribution in [2.75, 3.05) is 37.9 Å². The quantitative estimate of drug-likeness (QED) is 0.629. The van der Waals surface area contributed by atoms with E-state index < -0.39 is 0 Å². The fraction of sp³-hybridized carbons (Fsp3) is 0.500. The van der Waals surface area contributed by atoms with Crippen molar-refractivity contribution < 1.29 is 14.3 Å². The van der Waals surface area contributed by atoms with Crippen LogP contribution in [0.4, 0.5) is 11.4 Å². The van der Waals surface area contributed by atoms with Gasteiger partial charge in [-0.15, -0.1) is 0 Å². The number of carbonyl (C=O) groups is 1. The highest BCUT2D eigenvalue weighted by atomic mass is 16.6. The van der Waals surface area contributed by atoms with Crippen molar-refractivity contribution in [2.24, 2.45) is 0 Å². The van der Waals surface area contributed by atoms with E-state index in [2.05, 4.69) is 0 Å². The summed E-state index contributed by atoms with van der Waals surface area (Å²) in [4.78, 5) is 13.8. The lowest BCUT2D eigenvalue weighted by molar-refractivity contribution is 0.00440. The molecule has 0 radical (unpaired) electrons. The van der Waals surface area contributed by atoms with Gasteiger partial charge in [-0.25, -0.2) is 4.79 Å². The van der Waals surface area contributed by atoms with Gasteiger partial charge in [-0.3, -0.25) is 0 Å². The number of hydrogen-bond acceptors (Lipinski definition) is 5. The molecule has 5 heteroatoms. The molecule has 1 atom stereocenters. The molecular weight excluding hydrogens is 244 g/mol. The highest BCUT2D eigenvalue weighted by Gasteiger charge is 2.13. The molecule has 0 heterocycles. The first kappa shape index (κ1) is 15.3. The van der Waals surface area contributed by atoms with Crippen LogP contribution in [0.25, 0.3) is 0 Å². The van der Waals surface area contributed by atoms with Crippen LogP contribution in [-0.2, 0) is 9.47 Å². The number of nitrogens with two attached hydrogens (primary N) is 1. The topological polar surface area (TPSA) is 64.8 Å². The maximum Gasteiger partial charge on any atom is 0.338 e. The largest absolute Gasteiger partial charge is 0.457 e. The van der Waals surface area contributed by atoms with Gasteiger partial charge in [-0.2, -0.15) is 0 Å². The molecule has 1 unspecified atom stereocenters. The number of hydrogen-bond donors (Lipinski definition) is 1. The van der Waals surface area contributed by atoms with Gasteiger partial charge in [0.2, 0.25) is 0 Å². The summed E-state index contributed by atoms with van der Waals surface area (Å²) >= 11 is 0. The number of benzene rings is 1. The Morgan fingerprint density at radius 2 is 2.11 bits per heavy atom. The Kier molecular flexibility index (Phi) is 5.63. The normalized spacial score (nSPS) is 12.0. The molecule has 1 aromatic carbocycles. The predicted molar refractivity (Wildman–Crippen MR) is 76.6 cm³/mol. The third kappa shape index (κ3) is 4.44. The highest BCUT2D eigenvalue weighted by Crippen LogP contribution is 2.22. The summed E-state index contributed by atoms with van der Waals surface area (Å²) in [6, 6.07) is 5.14. The Bertz CT molecular complexity index is 433. The maximum atomic E-state index is 11.9. The minimum Gasteiger partial charge on any atom is -0.457 e. The lowest BCUT2D eigenvalue weighted by Gasteiger charge is -2.17. The molecule has 0 spiro atoms. The zero-order valence-electron chi connectivity index (χ0n) is 12.0. The standard InChI is InChI=1S/C14H22N2O3/c1-5-18-9-10(2)19-14(17)11-6-7-13(16(3)4)12(15)8-11/h6-8,10H,5,9,15H2,1-4H3. The van der Waals surface area contributed by atoms with Gasteiger partial charge >= 0.3 is 5.97 Å². The minimum absolute atomic E-state index is 0.276. The molecule has 0 aliphatic rings. The first-order valence-corrected chi connectivity index (χ1v) is 6.31. The average Bonchev–Trinajstić information content (AvgIpc) is 2.35. The van der Waals surface area contributed by atoms with Crippen molar-refractivity contribution in [3.8, 4) is 0 Å². The van der Waals surface area contributed by atoms with E-state index in [1.807, 2.05) is 25.9 Å². The Balaban J connectivity index is 2.70. The smallest absolute Gasteiger partial charge is 0.338 e. The fourth-order valence-corrected chi connectivity index (χ4v) is 1.66. The van der Waals surface area contributed by atoms with Crippen LogP contribution in [0.1, 0.15) is 24.2 Å². The van der Waals surface area contributed by atoms with E-state index in [0.29, 0.717) is 24.5 Å².